The molecule has 3 N–H and O–H groups in total. The molecule has 3 heterocycles. The molecular weight excluding hydrogens is 439 g/mol. The van der Waals surface area contributed by atoms with E-state index in [9.17, 15) is 23.9 Å². The largest absolute Gasteiger partial charge is 0.394 e. The van der Waals surface area contributed by atoms with E-state index in [2.05, 4.69) is 10.4 Å². The van der Waals surface area contributed by atoms with Gasteiger partial charge in [0.25, 0.3) is 0 Å². The van der Waals surface area contributed by atoms with Crippen LogP contribution in [0, 0.1) is 5.82 Å². The van der Waals surface area contributed by atoms with Crippen molar-refractivity contribution in [2.75, 3.05) is 12.0 Å². The van der Waals surface area contributed by atoms with Crippen LogP contribution in [0.1, 0.15) is 12.6 Å². The Balaban J connectivity index is 1.59. The predicted octanol–water partition coefficient (Wildman–Crippen LogP) is 0.855. The van der Waals surface area contributed by atoms with Crippen molar-refractivity contribution in [1.82, 2.24) is 14.2 Å². The minimum absolute atomic E-state index is 0.100. The second-order valence-corrected chi connectivity index (χ2v) is 8.62. The first kappa shape index (κ1) is 20.7. The van der Waals surface area contributed by atoms with E-state index in [1.807, 2.05) is 12.1 Å². The highest BCUT2D eigenvalue weighted by atomic mass is 32.2. The molecule has 2 aromatic heterocycles. The lowest BCUT2D eigenvalue weighted by molar-refractivity contribution is -0.0465. The van der Waals surface area contributed by atoms with E-state index in [0.717, 1.165) is 9.27 Å². The van der Waals surface area contributed by atoms with E-state index in [1.165, 1.54) is 11.3 Å². The number of hydrogen-bond acceptors (Lipinski definition) is 9. The molecule has 3 aromatic rings. The van der Waals surface area contributed by atoms with E-state index >= 15 is 0 Å². The fraction of sp³-hybridized carbons (Fsp3) is 0.294. The van der Waals surface area contributed by atoms with Gasteiger partial charge >= 0.3 is 16.5 Å². The molecule has 0 aliphatic carbocycles. The van der Waals surface area contributed by atoms with Crippen LogP contribution in [0.5, 0.6) is 0 Å². The van der Waals surface area contributed by atoms with Crippen molar-refractivity contribution in [3.63, 3.8) is 0 Å². The molecule has 0 radical (unpaired) electrons. The molecule has 10 nitrogen and oxygen atoms in total. The number of amides is 1. The van der Waals surface area contributed by atoms with Gasteiger partial charge in [-0.05, 0) is 12.1 Å². The maximum Gasteiger partial charge on any atom is 0.352 e. The smallest absolute Gasteiger partial charge is 0.352 e. The molecule has 1 amide bonds. The molecule has 30 heavy (non-hydrogen) atoms. The summed E-state index contributed by atoms with van der Waals surface area (Å²) in [4.78, 5) is 41.3. The number of aromatic nitrogens is 3. The topological polar surface area (TPSA) is 136 Å². The van der Waals surface area contributed by atoms with Crippen molar-refractivity contribution in [2.24, 2.45) is 0 Å². The van der Waals surface area contributed by atoms with Crippen LogP contribution in [-0.2, 0) is 4.74 Å². The molecule has 0 spiro atoms. The second-order valence-electron chi connectivity index (χ2n) is 6.37. The normalized spacial score (nSPS) is 21.2. The summed E-state index contributed by atoms with van der Waals surface area (Å²) >= 11 is 1.90. The van der Waals surface area contributed by atoms with Crippen molar-refractivity contribution in [3.8, 4) is 0 Å². The standard InChI is InChI=1S/C17H15FN4O6S2/c18-8-6-21(13-5-10(24)11(7-23)28-13)17(27)22(14(8)25)20-15(26)30-16-19-9-3-1-2-4-12(9)29-16/h1-4,6,10-11,13,23-24H,5,7H2,(H,20,26)/t10-,11+,13+/m0/s1. The van der Waals surface area contributed by atoms with Gasteiger partial charge in [-0.15, -0.1) is 11.3 Å². The quantitative estimate of drug-likeness (QED) is 0.494. The third-order valence-corrected chi connectivity index (χ3v) is 6.30. The summed E-state index contributed by atoms with van der Waals surface area (Å²) in [5, 5.41) is 18.2. The SMILES string of the molecule is O=C(Nn1c(=O)c(F)cn([C@H]2C[C@H](O)[C@@H](CO)O2)c1=O)Sc1nc2ccccc2s1. The first-order valence-electron chi connectivity index (χ1n) is 8.70. The number of fused-ring (bicyclic) bond motifs is 1. The summed E-state index contributed by atoms with van der Waals surface area (Å²) in [5.74, 6) is -1.30. The zero-order valence-electron chi connectivity index (χ0n) is 15.1. The second kappa shape index (κ2) is 8.28. The Bertz CT molecular complexity index is 1190. The number of halogens is 1. The highest BCUT2D eigenvalue weighted by molar-refractivity contribution is 8.15. The summed E-state index contributed by atoms with van der Waals surface area (Å²) < 4.78 is 21.7. The lowest BCUT2D eigenvalue weighted by Crippen LogP contribution is -2.47. The maximum absolute atomic E-state index is 14.1. The number of thioether (sulfide) groups is 1. The Morgan fingerprint density at radius 3 is 2.87 bits per heavy atom. The first-order chi connectivity index (χ1) is 14.4. The van der Waals surface area contributed by atoms with Crippen molar-refractivity contribution in [1.29, 1.82) is 0 Å². The summed E-state index contributed by atoms with van der Waals surface area (Å²) in [5.41, 5.74) is 0.359. The Hall–Kier alpha value is -2.58. The zero-order valence-corrected chi connectivity index (χ0v) is 16.7. The van der Waals surface area contributed by atoms with Gasteiger partial charge in [0.05, 0.1) is 29.1 Å². The molecule has 158 valence electrons. The number of aliphatic hydroxyl groups excluding tert-OH is 2. The summed E-state index contributed by atoms with van der Waals surface area (Å²) in [7, 11) is 0. The third kappa shape index (κ3) is 3.89. The highest BCUT2D eigenvalue weighted by Gasteiger charge is 2.35. The number of nitrogens with zero attached hydrogens (tertiary/aromatic N) is 3. The van der Waals surface area contributed by atoms with Crippen LogP contribution in [0.2, 0.25) is 0 Å². The Morgan fingerprint density at radius 1 is 1.40 bits per heavy atom. The summed E-state index contributed by atoms with van der Waals surface area (Å²) in [6.07, 6.45) is -2.59. The molecule has 13 heteroatoms. The average molecular weight is 454 g/mol. The fourth-order valence-corrected chi connectivity index (χ4v) is 4.78. The first-order valence-corrected chi connectivity index (χ1v) is 10.3. The number of hydrogen-bond donors (Lipinski definition) is 3. The number of rotatable bonds is 4. The number of thiazole rings is 1. The van der Waals surface area contributed by atoms with Crippen LogP contribution in [0.3, 0.4) is 0 Å². The van der Waals surface area contributed by atoms with Gasteiger partial charge in [-0.3, -0.25) is 14.2 Å². The van der Waals surface area contributed by atoms with Crippen molar-refractivity contribution >= 4 is 38.6 Å². The van der Waals surface area contributed by atoms with Crippen molar-refractivity contribution < 1.29 is 24.1 Å². The van der Waals surface area contributed by atoms with Gasteiger partial charge in [0, 0.05) is 18.2 Å². The molecule has 1 saturated heterocycles. The minimum Gasteiger partial charge on any atom is -0.394 e. The van der Waals surface area contributed by atoms with Crippen LogP contribution < -0.4 is 16.7 Å². The van der Waals surface area contributed by atoms with Gasteiger partial charge in [0.2, 0.25) is 5.82 Å². The lowest BCUT2D eigenvalue weighted by Gasteiger charge is -2.16. The Labute approximate surface area is 175 Å². The van der Waals surface area contributed by atoms with Gasteiger partial charge < -0.3 is 14.9 Å². The predicted molar refractivity (Wildman–Crippen MR) is 107 cm³/mol. The Kier molecular flexibility index (Phi) is 5.71. The van der Waals surface area contributed by atoms with E-state index < -0.39 is 47.3 Å². The number of carbonyl (C=O) groups excluding carboxylic acids is 1. The van der Waals surface area contributed by atoms with Crippen LogP contribution in [0.25, 0.3) is 10.2 Å². The van der Waals surface area contributed by atoms with Gasteiger partial charge in [-0.2, -0.15) is 9.07 Å². The molecule has 1 aromatic carbocycles. The monoisotopic (exact) mass is 454 g/mol. The van der Waals surface area contributed by atoms with Crippen molar-refractivity contribution in [2.45, 2.75) is 29.2 Å². The van der Waals surface area contributed by atoms with Crippen LogP contribution >= 0.6 is 23.1 Å². The van der Waals surface area contributed by atoms with E-state index in [1.54, 1.807) is 12.1 Å². The van der Waals surface area contributed by atoms with Gasteiger partial charge in [-0.25, -0.2) is 15.2 Å². The van der Waals surface area contributed by atoms with E-state index in [-0.39, 0.29) is 11.1 Å². The molecule has 1 fully saturated rings. The fourth-order valence-electron chi connectivity index (χ4n) is 2.98. The van der Waals surface area contributed by atoms with E-state index in [0.29, 0.717) is 27.8 Å². The van der Waals surface area contributed by atoms with Gasteiger partial charge in [-0.1, -0.05) is 12.1 Å². The molecular formula is C17H15FN4O6S2. The van der Waals surface area contributed by atoms with Gasteiger partial charge in [0.1, 0.15) is 12.3 Å². The molecule has 1 aliphatic rings. The number of aliphatic hydroxyl groups is 2. The number of nitrogens with one attached hydrogen (secondary N) is 1. The van der Waals surface area contributed by atoms with Gasteiger partial charge in [0.15, 0.2) is 4.34 Å². The molecule has 3 atom stereocenters. The van der Waals surface area contributed by atoms with Crippen LogP contribution in [0.4, 0.5) is 9.18 Å². The zero-order chi connectivity index (χ0) is 21.4. The molecule has 0 saturated carbocycles. The highest BCUT2D eigenvalue weighted by Crippen LogP contribution is 2.30. The van der Waals surface area contributed by atoms with E-state index in [4.69, 9.17) is 9.84 Å². The molecule has 0 bridgehead atoms. The molecule has 4 rings (SSSR count). The average Bonchev–Trinajstić information content (AvgIpc) is 3.30. The lowest BCUT2D eigenvalue weighted by atomic mass is 10.2. The Morgan fingerprint density at radius 2 is 2.17 bits per heavy atom. The third-order valence-electron chi connectivity index (χ3n) is 4.42. The minimum atomic E-state index is -1.34. The number of ether oxygens (including phenoxy) is 1. The number of carbonyl (C=O) groups is 1. The van der Waals surface area contributed by atoms with Crippen LogP contribution in [-0.4, -0.2) is 48.5 Å². The van der Waals surface area contributed by atoms with Crippen LogP contribution in [0.15, 0.2) is 44.4 Å². The molecule has 0 unspecified atom stereocenters. The summed E-state index contributed by atoms with van der Waals surface area (Å²) in [6.45, 7) is -0.496. The summed E-state index contributed by atoms with van der Waals surface area (Å²) in [6, 6.07) is 7.24. The number of benzene rings is 1. The van der Waals surface area contributed by atoms with Crippen molar-refractivity contribution in [3.05, 3.63) is 57.1 Å². The number of para-hydroxylation sites is 1. The molecule has 1 aliphatic heterocycles. The maximum atomic E-state index is 14.1.